The lowest BCUT2D eigenvalue weighted by Crippen LogP contribution is -2.53. The van der Waals surface area contributed by atoms with Gasteiger partial charge in [-0.25, -0.2) is 0 Å². The van der Waals surface area contributed by atoms with E-state index >= 15 is 0 Å². The molecule has 4 heteroatoms. The Morgan fingerprint density at radius 3 is 2.72 bits per heavy atom. The molecule has 1 amide bonds. The van der Waals surface area contributed by atoms with Gasteiger partial charge in [-0.3, -0.25) is 4.79 Å². The molecule has 0 saturated carbocycles. The summed E-state index contributed by atoms with van der Waals surface area (Å²) in [5, 5.41) is 6.54. The van der Waals surface area contributed by atoms with Crippen molar-refractivity contribution in [3.63, 3.8) is 0 Å². The zero-order valence-electron chi connectivity index (χ0n) is 11.7. The lowest BCUT2D eigenvalue weighted by Gasteiger charge is -2.29. The first kappa shape index (κ1) is 13.8. The lowest BCUT2D eigenvalue weighted by molar-refractivity contribution is -0.124. The second-order valence-electron chi connectivity index (χ2n) is 5.97. The topological polar surface area (TPSA) is 44.4 Å². The summed E-state index contributed by atoms with van der Waals surface area (Å²) in [6.07, 6.45) is 5.94. The van der Waals surface area contributed by atoms with Crippen LogP contribution in [0.3, 0.4) is 0 Å². The molecule has 2 rings (SSSR count). The van der Waals surface area contributed by atoms with Crippen LogP contribution in [0.4, 0.5) is 0 Å². The lowest BCUT2D eigenvalue weighted by atomic mass is 9.99. The van der Waals surface area contributed by atoms with E-state index in [1.54, 1.807) is 0 Å². The second-order valence-corrected chi connectivity index (χ2v) is 5.97. The van der Waals surface area contributed by atoms with Crippen molar-refractivity contribution >= 4 is 5.91 Å². The summed E-state index contributed by atoms with van der Waals surface area (Å²) >= 11 is 0. The third kappa shape index (κ3) is 3.95. The molecule has 2 N–H and O–H groups in total. The molecule has 2 saturated heterocycles. The molecular weight excluding hydrogens is 226 g/mol. The fraction of sp³-hybridized carbons (Fsp3) is 0.929. The van der Waals surface area contributed by atoms with E-state index in [9.17, 15) is 4.79 Å². The molecule has 2 heterocycles. The van der Waals surface area contributed by atoms with E-state index in [4.69, 9.17) is 0 Å². The number of amides is 1. The highest BCUT2D eigenvalue weighted by molar-refractivity contribution is 5.82. The van der Waals surface area contributed by atoms with E-state index in [2.05, 4.69) is 29.4 Å². The molecule has 3 atom stereocenters. The van der Waals surface area contributed by atoms with E-state index in [-0.39, 0.29) is 18.0 Å². The number of likely N-dealkylation sites (tertiary alicyclic amines) is 1. The molecule has 0 aromatic carbocycles. The van der Waals surface area contributed by atoms with Crippen molar-refractivity contribution in [2.75, 3.05) is 19.6 Å². The SMILES string of the molecule is CC(CN1CCCC1)NC(=O)C1CCCC(C)N1. The first-order chi connectivity index (χ1) is 8.65. The van der Waals surface area contributed by atoms with Gasteiger partial charge in [-0.15, -0.1) is 0 Å². The van der Waals surface area contributed by atoms with Crippen LogP contribution >= 0.6 is 0 Å². The zero-order valence-corrected chi connectivity index (χ0v) is 11.7. The Hall–Kier alpha value is -0.610. The Morgan fingerprint density at radius 1 is 1.33 bits per heavy atom. The Balaban J connectivity index is 1.72. The monoisotopic (exact) mass is 253 g/mol. The molecule has 4 nitrogen and oxygen atoms in total. The molecule has 104 valence electrons. The molecule has 0 bridgehead atoms. The van der Waals surface area contributed by atoms with E-state index < -0.39 is 0 Å². The van der Waals surface area contributed by atoms with Crippen molar-refractivity contribution in [1.29, 1.82) is 0 Å². The average molecular weight is 253 g/mol. The summed E-state index contributed by atoms with van der Waals surface area (Å²) in [6, 6.07) is 0.757. The van der Waals surface area contributed by atoms with Crippen LogP contribution in [0.15, 0.2) is 0 Å². The third-order valence-electron chi connectivity index (χ3n) is 4.05. The van der Waals surface area contributed by atoms with E-state index in [0.29, 0.717) is 6.04 Å². The van der Waals surface area contributed by atoms with Gasteiger partial charge in [-0.1, -0.05) is 0 Å². The largest absolute Gasteiger partial charge is 0.351 e. The minimum absolute atomic E-state index is 0.0229. The highest BCUT2D eigenvalue weighted by atomic mass is 16.2. The Kier molecular flexibility index (Phi) is 5.01. The predicted molar refractivity (Wildman–Crippen MR) is 73.5 cm³/mol. The molecule has 0 spiro atoms. The summed E-state index contributed by atoms with van der Waals surface area (Å²) in [6.45, 7) is 7.65. The zero-order chi connectivity index (χ0) is 13.0. The summed E-state index contributed by atoms with van der Waals surface area (Å²) in [5.41, 5.74) is 0. The minimum atomic E-state index is 0.0229. The van der Waals surface area contributed by atoms with Gasteiger partial charge >= 0.3 is 0 Å². The van der Waals surface area contributed by atoms with Crippen LogP contribution in [0.1, 0.15) is 46.0 Å². The Morgan fingerprint density at radius 2 is 2.06 bits per heavy atom. The molecule has 0 radical (unpaired) electrons. The number of hydrogen-bond donors (Lipinski definition) is 2. The second kappa shape index (κ2) is 6.53. The van der Waals surface area contributed by atoms with Crippen molar-refractivity contribution < 1.29 is 4.79 Å². The Bertz CT molecular complexity index is 276. The van der Waals surface area contributed by atoms with Crippen LogP contribution in [-0.4, -0.2) is 48.6 Å². The fourth-order valence-electron chi connectivity index (χ4n) is 3.09. The van der Waals surface area contributed by atoms with Crippen molar-refractivity contribution in [2.45, 2.75) is 64.1 Å². The Labute approximate surface area is 110 Å². The van der Waals surface area contributed by atoms with Crippen LogP contribution in [-0.2, 0) is 4.79 Å². The number of carbonyl (C=O) groups is 1. The normalized spacial score (nSPS) is 31.2. The van der Waals surface area contributed by atoms with Gasteiger partial charge in [0.1, 0.15) is 0 Å². The van der Waals surface area contributed by atoms with Gasteiger partial charge in [-0.2, -0.15) is 0 Å². The summed E-state index contributed by atoms with van der Waals surface area (Å²) in [4.78, 5) is 14.6. The van der Waals surface area contributed by atoms with Crippen molar-refractivity contribution in [3.05, 3.63) is 0 Å². The predicted octanol–water partition coefficient (Wildman–Crippen LogP) is 1.12. The number of piperidine rings is 1. The van der Waals surface area contributed by atoms with Gasteiger partial charge in [0.05, 0.1) is 6.04 Å². The summed E-state index contributed by atoms with van der Waals surface area (Å²) < 4.78 is 0. The quantitative estimate of drug-likeness (QED) is 0.789. The first-order valence-corrected chi connectivity index (χ1v) is 7.44. The van der Waals surface area contributed by atoms with Gasteiger partial charge in [0.15, 0.2) is 0 Å². The molecule has 0 aliphatic carbocycles. The molecule has 2 aliphatic rings. The number of carbonyl (C=O) groups excluding carboxylic acids is 1. The van der Waals surface area contributed by atoms with Gasteiger partial charge in [-0.05, 0) is 59.0 Å². The summed E-state index contributed by atoms with van der Waals surface area (Å²) in [5.74, 6) is 0.188. The highest BCUT2D eigenvalue weighted by Gasteiger charge is 2.25. The average Bonchev–Trinajstić information content (AvgIpc) is 2.81. The van der Waals surface area contributed by atoms with Crippen LogP contribution < -0.4 is 10.6 Å². The van der Waals surface area contributed by atoms with E-state index in [1.165, 1.54) is 32.4 Å². The minimum Gasteiger partial charge on any atom is -0.351 e. The number of rotatable bonds is 4. The molecule has 2 fully saturated rings. The maximum Gasteiger partial charge on any atom is 0.237 e. The number of nitrogens with one attached hydrogen (secondary N) is 2. The molecule has 3 unspecified atom stereocenters. The molecular formula is C14H27N3O. The smallest absolute Gasteiger partial charge is 0.237 e. The van der Waals surface area contributed by atoms with Gasteiger partial charge < -0.3 is 15.5 Å². The first-order valence-electron chi connectivity index (χ1n) is 7.44. The number of nitrogens with zero attached hydrogens (tertiary/aromatic N) is 1. The molecule has 2 aliphatic heterocycles. The van der Waals surface area contributed by atoms with Gasteiger partial charge in [0, 0.05) is 18.6 Å². The van der Waals surface area contributed by atoms with Crippen LogP contribution in [0.2, 0.25) is 0 Å². The van der Waals surface area contributed by atoms with Gasteiger partial charge in [0.25, 0.3) is 0 Å². The van der Waals surface area contributed by atoms with Gasteiger partial charge in [0.2, 0.25) is 5.91 Å². The molecule has 18 heavy (non-hydrogen) atoms. The fourth-order valence-corrected chi connectivity index (χ4v) is 3.09. The van der Waals surface area contributed by atoms with Crippen LogP contribution in [0.25, 0.3) is 0 Å². The maximum atomic E-state index is 12.1. The highest BCUT2D eigenvalue weighted by Crippen LogP contribution is 2.13. The number of hydrogen-bond acceptors (Lipinski definition) is 3. The summed E-state index contributed by atoms with van der Waals surface area (Å²) in [7, 11) is 0. The maximum absolute atomic E-state index is 12.1. The molecule has 0 aromatic rings. The molecule has 0 aromatic heterocycles. The van der Waals surface area contributed by atoms with E-state index in [1.807, 2.05) is 0 Å². The van der Waals surface area contributed by atoms with Crippen LogP contribution in [0.5, 0.6) is 0 Å². The third-order valence-corrected chi connectivity index (χ3v) is 4.05. The van der Waals surface area contributed by atoms with E-state index in [0.717, 1.165) is 19.4 Å². The van der Waals surface area contributed by atoms with Crippen molar-refractivity contribution in [3.8, 4) is 0 Å². The van der Waals surface area contributed by atoms with Crippen molar-refractivity contribution in [1.82, 2.24) is 15.5 Å². The van der Waals surface area contributed by atoms with Crippen molar-refractivity contribution in [2.24, 2.45) is 0 Å². The van der Waals surface area contributed by atoms with Crippen LogP contribution in [0, 0.1) is 0 Å². The standard InChI is InChI=1S/C14H27N3O/c1-11-6-5-7-13(15-11)14(18)16-12(2)10-17-8-3-4-9-17/h11-13,15H,3-10H2,1-2H3,(H,16,18).